The van der Waals surface area contributed by atoms with Crippen LogP contribution in [0, 0.1) is 9.49 Å². The van der Waals surface area contributed by atoms with Crippen molar-refractivity contribution in [3.63, 3.8) is 0 Å². The highest BCUT2D eigenvalue weighted by molar-refractivity contribution is 14.1. The quantitative estimate of drug-likeness (QED) is 0.636. The summed E-state index contributed by atoms with van der Waals surface area (Å²) < 4.78 is 6.00. The van der Waals surface area contributed by atoms with E-state index < -0.39 is 5.97 Å². The van der Waals surface area contributed by atoms with E-state index in [0.717, 1.165) is 3.57 Å². The molecule has 0 aliphatic heterocycles. The Hall–Kier alpha value is -1.11. The van der Waals surface area contributed by atoms with E-state index in [0.29, 0.717) is 11.5 Å². The van der Waals surface area contributed by atoms with Crippen LogP contribution in [-0.4, -0.2) is 24.5 Å². The van der Waals surface area contributed by atoms with Crippen molar-refractivity contribution in [2.75, 3.05) is 6.61 Å². The average Bonchev–Trinajstić information content (AvgIpc) is 2.36. The summed E-state index contributed by atoms with van der Waals surface area (Å²) in [5.41, 5.74) is 0.449. The molecule has 0 aromatic heterocycles. The number of hydrogen-bond acceptors (Lipinski definition) is 3. The smallest absolute Gasteiger partial charge is 0.338 e. The van der Waals surface area contributed by atoms with Gasteiger partial charge < -0.3 is 10.1 Å². The maximum absolute atomic E-state index is 11.7. The van der Waals surface area contributed by atoms with E-state index >= 15 is 0 Å². The van der Waals surface area contributed by atoms with E-state index in [9.17, 15) is 9.59 Å². The molecule has 1 atom stereocenters. The van der Waals surface area contributed by atoms with Gasteiger partial charge in [0.1, 0.15) is 0 Å². The van der Waals surface area contributed by atoms with E-state index in [2.05, 4.69) is 27.9 Å². The van der Waals surface area contributed by atoms with Crippen molar-refractivity contribution in [1.82, 2.24) is 5.32 Å². The standard InChI is InChI=1S/C14H18INO3/c1-9(2)10(3)16-13(17)8-19-14(18)11-4-6-12(15)7-5-11/h4-7,9-10H,8H2,1-3H3,(H,16,17)/t10-/m1/s1. The van der Waals surface area contributed by atoms with Gasteiger partial charge in [0.2, 0.25) is 0 Å². The van der Waals surface area contributed by atoms with Gasteiger partial charge in [0.15, 0.2) is 6.61 Å². The molecule has 1 aromatic rings. The van der Waals surface area contributed by atoms with Crippen molar-refractivity contribution in [2.45, 2.75) is 26.8 Å². The molecule has 0 spiro atoms. The summed E-state index contributed by atoms with van der Waals surface area (Å²) in [4.78, 5) is 23.2. The van der Waals surface area contributed by atoms with E-state index in [4.69, 9.17) is 4.74 Å². The molecule has 1 N–H and O–H groups in total. The van der Waals surface area contributed by atoms with Gasteiger partial charge in [-0.05, 0) is 59.7 Å². The van der Waals surface area contributed by atoms with Gasteiger partial charge in [-0.3, -0.25) is 4.79 Å². The van der Waals surface area contributed by atoms with Gasteiger partial charge in [0.25, 0.3) is 5.91 Å². The molecule has 0 saturated carbocycles. The van der Waals surface area contributed by atoms with Crippen molar-refractivity contribution in [2.24, 2.45) is 5.92 Å². The molecule has 0 saturated heterocycles. The van der Waals surface area contributed by atoms with E-state index in [1.165, 1.54) is 0 Å². The molecule has 104 valence electrons. The van der Waals surface area contributed by atoms with Gasteiger partial charge in [-0.1, -0.05) is 13.8 Å². The van der Waals surface area contributed by atoms with Gasteiger partial charge >= 0.3 is 5.97 Å². The first-order valence-electron chi connectivity index (χ1n) is 6.12. The highest BCUT2D eigenvalue weighted by Crippen LogP contribution is 2.08. The summed E-state index contributed by atoms with van der Waals surface area (Å²) >= 11 is 2.15. The summed E-state index contributed by atoms with van der Waals surface area (Å²) in [5, 5.41) is 2.78. The second-order valence-electron chi connectivity index (χ2n) is 4.68. The Labute approximate surface area is 127 Å². The fraction of sp³-hybridized carbons (Fsp3) is 0.429. The molecule has 0 bridgehead atoms. The third kappa shape index (κ3) is 5.59. The van der Waals surface area contributed by atoms with E-state index in [1.54, 1.807) is 12.1 Å². The van der Waals surface area contributed by atoms with E-state index in [1.807, 2.05) is 32.9 Å². The first kappa shape index (κ1) is 15.9. The van der Waals surface area contributed by atoms with Crippen molar-refractivity contribution in [3.05, 3.63) is 33.4 Å². The molecule has 19 heavy (non-hydrogen) atoms. The Morgan fingerprint density at radius 2 is 1.79 bits per heavy atom. The Kier molecular flexibility index (Phi) is 6.27. The largest absolute Gasteiger partial charge is 0.452 e. The zero-order valence-corrected chi connectivity index (χ0v) is 13.4. The van der Waals surface area contributed by atoms with Crippen LogP contribution in [0.3, 0.4) is 0 Å². The fourth-order valence-corrected chi connectivity index (χ4v) is 1.62. The molecule has 5 heteroatoms. The van der Waals surface area contributed by atoms with Gasteiger partial charge in [-0.2, -0.15) is 0 Å². The van der Waals surface area contributed by atoms with Crippen molar-refractivity contribution in [3.8, 4) is 0 Å². The lowest BCUT2D eigenvalue weighted by Crippen LogP contribution is -2.38. The molecule has 0 aliphatic rings. The lowest BCUT2D eigenvalue weighted by atomic mass is 10.1. The molecular formula is C14H18INO3. The summed E-state index contributed by atoms with van der Waals surface area (Å²) in [6, 6.07) is 7.05. The lowest BCUT2D eigenvalue weighted by Gasteiger charge is -2.17. The summed E-state index contributed by atoms with van der Waals surface area (Å²) in [6.07, 6.45) is 0. The van der Waals surface area contributed by atoms with Gasteiger partial charge in [-0.25, -0.2) is 4.79 Å². The minimum atomic E-state index is -0.483. The number of halogens is 1. The molecule has 4 nitrogen and oxygen atoms in total. The Morgan fingerprint density at radius 1 is 1.21 bits per heavy atom. The maximum Gasteiger partial charge on any atom is 0.338 e. The topological polar surface area (TPSA) is 55.4 Å². The van der Waals surface area contributed by atoms with Crippen LogP contribution in [-0.2, 0) is 9.53 Å². The number of nitrogens with one attached hydrogen (secondary N) is 1. The third-order valence-electron chi connectivity index (χ3n) is 2.80. The zero-order chi connectivity index (χ0) is 14.4. The van der Waals surface area contributed by atoms with Crippen LogP contribution in [0.5, 0.6) is 0 Å². The van der Waals surface area contributed by atoms with Crippen LogP contribution in [0.2, 0.25) is 0 Å². The van der Waals surface area contributed by atoms with Gasteiger partial charge in [-0.15, -0.1) is 0 Å². The molecule has 1 amide bonds. The Bertz CT molecular complexity index is 443. The van der Waals surface area contributed by atoms with Crippen LogP contribution < -0.4 is 5.32 Å². The maximum atomic E-state index is 11.7. The highest BCUT2D eigenvalue weighted by atomic mass is 127. The molecule has 0 unspecified atom stereocenters. The van der Waals surface area contributed by atoms with E-state index in [-0.39, 0.29) is 18.6 Å². The molecular weight excluding hydrogens is 357 g/mol. The van der Waals surface area contributed by atoms with Crippen LogP contribution in [0.1, 0.15) is 31.1 Å². The Balaban J connectivity index is 2.42. The molecule has 0 fully saturated rings. The van der Waals surface area contributed by atoms with Crippen molar-refractivity contribution < 1.29 is 14.3 Å². The van der Waals surface area contributed by atoms with Crippen molar-refractivity contribution >= 4 is 34.5 Å². The third-order valence-corrected chi connectivity index (χ3v) is 3.52. The number of esters is 1. The van der Waals surface area contributed by atoms with Crippen LogP contribution >= 0.6 is 22.6 Å². The number of ether oxygens (including phenoxy) is 1. The summed E-state index contributed by atoms with van der Waals surface area (Å²) in [5.74, 6) is -0.417. The number of carbonyl (C=O) groups is 2. The number of carbonyl (C=O) groups excluding carboxylic acids is 2. The first-order chi connectivity index (χ1) is 8.90. The summed E-state index contributed by atoms with van der Waals surface area (Å²) in [7, 11) is 0. The zero-order valence-electron chi connectivity index (χ0n) is 11.3. The molecule has 1 rings (SSSR count). The van der Waals surface area contributed by atoms with Crippen LogP contribution in [0.4, 0.5) is 0 Å². The second kappa shape index (κ2) is 7.47. The van der Waals surface area contributed by atoms with Crippen molar-refractivity contribution in [1.29, 1.82) is 0 Å². The fourth-order valence-electron chi connectivity index (χ4n) is 1.26. The molecule has 0 heterocycles. The average molecular weight is 375 g/mol. The predicted molar refractivity (Wildman–Crippen MR) is 81.9 cm³/mol. The highest BCUT2D eigenvalue weighted by Gasteiger charge is 2.13. The monoisotopic (exact) mass is 375 g/mol. The number of benzene rings is 1. The number of amides is 1. The summed E-state index contributed by atoms with van der Waals surface area (Å²) in [6.45, 7) is 5.70. The number of rotatable bonds is 5. The van der Waals surface area contributed by atoms with Crippen LogP contribution in [0.15, 0.2) is 24.3 Å². The lowest BCUT2D eigenvalue weighted by molar-refractivity contribution is -0.125. The van der Waals surface area contributed by atoms with Crippen LogP contribution in [0.25, 0.3) is 0 Å². The normalized spacial score (nSPS) is 12.1. The minimum absolute atomic E-state index is 0.0597. The van der Waals surface area contributed by atoms with Gasteiger partial charge in [0.05, 0.1) is 5.56 Å². The molecule has 0 radical (unpaired) electrons. The number of hydrogen-bond donors (Lipinski definition) is 1. The second-order valence-corrected chi connectivity index (χ2v) is 5.93. The SMILES string of the molecule is CC(C)[C@@H](C)NC(=O)COC(=O)c1ccc(I)cc1. The molecule has 0 aliphatic carbocycles. The first-order valence-corrected chi connectivity index (χ1v) is 7.20. The minimum Gasteiger partial charge on any atom is -0.452 e. The van der Waals surface area contributed by atoms with Gasteiger partial charge in [0, 0.05) is 9.61 Å². The Morgan fingerprint density at radius 3 is 2.32 bits per heavy atom. The molecule has 1 aromatic carbocycles. The predicted octanol–water partition coefficient (Wildman–Crippen LogP) is 2.61.